The number of hydrogen-bond acceptors (Lipinski definition) is 4. The average molecular weight is 485 g/mol. The molecule has 0 aliphatic heterocycles. The quantitative estimate of drug-likeness (QED) is 0.486. The van der Waals surface area contributed by atoms with Crippen LogP contribution in [0.25, 0.3) is 0 Å². The zero-order chi connectivity index (χ0) is 24.1. The minimum Gasteiger partial charge on any atom is -0.495 e. The number of amides is 1. The highest BCUT2D eigenvalue weighted by molar-refractivity contribution is 7.92. The Kier molecular flexibility index (Phi) is 7.88. The summed E-state index contributed by atoms with van der Waals surface area (Å²) in [7, 11) is -2.97. The largest absolute Gasteiger partial charge is 0.495 e. The van der Waals surface area contributed by atoms with Crippen molar-refractivity contribution in [1.29, 1.82) is 0 Å². The summed E-state index contributed by atoms with van der Waals surface area (Å²) in [5.41, 5.74) is -0.822. The molecule has 0 radical (unpaired) electrons. The summed E-state index contributed by atoms with van der Waals surface area (Å²) in [5, 5.41) is 2.78. The number of methoxy groups -OCH3 is 1. The van der Waals surface area contributed by atoms with Gasteiger partial charge < -0.3 is 10.1 Å². The highest BCUT2D eigenvalue weighted by Crippen LogP contribution is 2.33. The number of hydrogen-bond donors (Lipinski definition) is 2. The predicted molar refractivity (Wildman–Crippen MR) is 120 cm³/mol. The molecule has 0 aromatic heterocycles. The molecule has 2 aromatic rings. The van der Waals surface area contributed by atoms with Crippen LogP contribution >= 0.6 is 0 Å². The summed E-state index contributed by atoms with van der Waals surface area (Å²) >= 11 is 0. The van der Waals surface area contributed by atoms with Crippen molar-refractivity contribution in [3.63, 3.8) is 0 Å². The monoisotopic (exact) mass is 484 g/mol. The lowest BCUT2D eigenvalue weighted by Crippen LogP contribution is -2.17. The van der Waals surface area contributed by atoms with E-state index in [-0.39, 0.29) is 22.2 Å². The lowest BCUT2D eigenvalue weighted by atomic mass is 9.96. The van der Waals surface area contributed by atoms with Crippen molar-refractivity contribution in [2.45, 2.75) is 56.0 Å². The number of ether oxygens (including phenoxy) is 1. The molecule has 0 saturated heterocycles. The number of carbonyl (C=O) groups is 1. The van der Waals surface area contributed by atoms with E-state index >= 15 is 0 Å². The van der Waals surface area contributed by atoms with E-state index in [0.29, 0.717) is 24.1 Å². The van der Waals surface area contributed by atoms with Gasteiger partial charge in [-0.3, -0.25) is 9.52 Å². The minimum atomic E-state index is -4.60. The molecule has 1 saturated carbocycles. The van der Waals surface area contributed by atoms with Crippen LogP contribution in [0.15, 0.2) is 47.4 Å². The number of halogens is 3. The molecule has 6 nitrogen and oxygen atoms in total. The van der Waals surface area contributed by atoms with Crippen molar-refractivity contribution >= 4 is 27.3 Å². The molecule has 0 heterocycles. The highest BCUT2D eigenvalue weighted by atomic mass is 32.2. The third kappa shape index (κ3) is 6.86. The van der Waals surface area contributed by atoms with Crippen LogP contribution in [-0.4, -0.2) is 21.4 Å². The lowest BCUT2D eigenvalue weighted by molar-refractivity contribution is -0.137. The first-order chi connectivity index (χ1) is 15.6. The summed E-state index contributed by atoms with van der Waals surface area (Å²) in [6.07, 6.45) is 2.48. The third-order valence-electron chi connectivity index (χ3n) is 5.63. The van der Waals surface area contributed by atoms with Gasteiger partial charge in [-0.05, 0) is 49.1 Å². The van der Waals surface area contributed by atoms with Crippen LogP contribution in [0.2, 0.25) is 0 Å². The summed E-state index contributed by atoms with van der Waals surface area (Å²) in [6, 6.07) is 7.96. The van der Waals surface area contributed by atoms with Crippen molar-refractivity contribution in [3.05, 3.63) is 48.0 Å². The standard InChI is InChI=1S/C23H27F3N2O4S/c1-32-20-15-18(27-22(29)13-16-7-4-2-3-5-8-16)11-12-21(20)33(30,31)28-19-10-6-9-17(14-19)23(24,25)26/h6,9-12,14-16,28H,2-5,7-8,13H2,1H3,(H,27,29). The van der Waals surface area contributed by atoms with Gasteiger partial charge in [-0.25, -0.2) is 8.42 Å². The van der Waals surface area contributed by atoms with E-state index in [9.17, 15) is 26.4 Å². The molecule has 33 heavy (non-hydrogen) atoms. The smallest absolute Gasteiger partial charge is 0.416 e. The Morgan fingerprint density at radius 3 is 2.36 bits per heavy atom. The Hall–Kier alpha value is -2.75. The first-order valence-corrected chi connectivity index (χ1v) is 12.2. The molecule has 0 bridgehead atoms. The Balaban J connectivity index is 1.74. The lowest BCUT2D eigenvalue weighted by Gasteiger charge is -2.16. The number of rotatable bonds is 7. The fourth-order valence-corrected chi connectivity index (χ4v) is 5.18. The molecule has 1 amide bonds. The topological polar surface area (TPSA) is 84.5 Å². The summed E-state index contributed by atoms with van der Waals surface area (Å²) in [4.78, 5) is 12.2. The maximum atomic E-state index is 12.9. The van der Waals surface area contributed by atoms with Crippen LogP contribution in [0.4, 0.5) is 24.5 Å². The van der Waals surface area contributed by atoms with Gasteiger partial charge in [0.1, 0.15) is 10.6 Å². The van der Waals surface area contributed by atoms with E-state index < -0.39 is 21.8 Å². The van der Waals surface area contributed by atoms with Crippen LogP contribution in [0, 0.1) is 5.92 Å². The van der Waals surface area contributed by atoms with Crippen LogP contribution < -0.4 is 14.8 Å². The second-order valence-corrected chi connectivity index (χ2v) is 9.81. The number of sulfonamides is 1. The highest BCUT2D eigenvalue weighted by Gasteiger charge is 2.31. The van der Waals surface area contributed by atoms with Gasteiger partial charge in [0.25, 0.3) is 10.0 Å². The molecule has 180 valence electrons. The number of carbonyl (C=O) groups excluding carboxylic acids is 1. The van der Waals surface area contributed by atoms with Crippen LogP contribution in [0.1, 0.15) is 50.5 Å². The Labute approximate surface area is 191 Å². The van der Waals surface area contributed by atoms with Gasteiger partial charge >= 0.3 is 6.18 Å². The van der Waals surface area contributed by atoms with Gasteiger partial charge in [-0.15, -0.1) is 0 Å². The first kappa shape index (κ1) is 24.9. The maximum absolute atomic E-state index is 12.9. The van der Waals surface area contributed by atoms with Crippen LogP contribution in [-0.2, 0) is 21.0 Å². The van der Waals surface area contributed by atoms with Gasteiger partial charge in [0.2, 0.25) is 5.91 Å². The SMILES string of the molecule is COc1cc(NC(=O)CC2CCCCCC2)ccc1S(=O)(=O)Nc1cccc(C(F)(F)F)c1. The van der Waals surface area contributed by atoms with Gasteiger partial charge in [0.05, 0.1) is 12.7 Å². The second-order valence-electron chi connectivity index (χ2n) is 8.16. The van der Waals surface area contributed by atoms with E-state index in [1.54, 1.807) is 0 Å². The Bertz CT molecular complexity index is 1080. The fraction of sp³-hybridized carbons (Fsp3) is 0.435. The molecule has 1 fully saturated rings. The normalized spacial score (nSPS) is 15.5. The summed E-state index contributed by atoms with van der Waals surface area (Å²) in [6.45, 7) is 0. The van der Waals surface area contributed by atoms with Gasteiger partial charge in [0.15, 0.2) is 0 Å². The zero-order valence-corrected chi connectivity index (χ0v) is 19.1. The summed E-state index contributed by atoms with van der Waals surface area (Å²) < 4.78 is 71.7. The molecule has 2 aromatic carbocycles. The Morgan fingerprint density at radius 1 is 1.03 bits per heavy atom. The van der Waals surface area contributed by atoms with Crippen molar-refractivity contribution in [2.24, 2.45) is 5.92 Å². The van der Waals surface area contributed by atoms with Gasteiger partial charge in [-0.2, -0.15) is 13.2 Å². The van der Waals surface area contributed by atoms with Crippen LogP contribution in [0.5, 0.6) is 5.75 Å². The molecule has 1 aliphatic carbocycles. The molecular formula is C23H27F3N2O4S. The number of alkyl halides is 3. The molecular weight excluding hydrogens is 457 g/mol. The molecule has 3 rings (SSSR count). The zero-order valence-electron chi connectivity index (χ0n) is 18.2. The number of nitrogens with one attached hydrogen (secondary N) is 2. The molecule has 2 N–H and O–H groups in total. The molecule has 0 atom stereocenters. The van der Waals surface area contributed by atoms with Crippen LogP contribution in [0.3, 0.4) is 0 Å². The molecule has 0 spiro atoms. The van der Waals surface area contributed by atoms with Crippen molar-refractivity contribution < 1.29 is 31.1 Å². The van der Waals surface area contributed by atoms with E-state index in [1.807, 2.05) is 0 Å². The molecule has 10 heteroatoms. The van der Waals surface area contributed by atoms with E-state index in [4.69, 9.17) is 4.74 Å². The van der Waals surface area contributed by atoms with E-state index in [1.165, 1.54) is 44.2 Å². The fourth-order valence-electron chi connectivity index (χ4n) is 3.98. The predicted octanol–water partition coefficient (Wildman–Crippen LogP) is 5.81. The molecule has 0 unspecified atom stereocenters. The third-order valence-corrected chi connectivity index (χ3v) is 7.05. The maximum Gasteiger partial charge on any atom is 0.416 e. The second kappa shape index (κ2) is 10.5. The Morgan fingerprint density at radius 2 is 1.73 bits per heavy atom. The molecule has 1 aliphatic rings. The van der Waals surface area contributed by atoms with Crippen molar-refractivity contribution in [2.75, 3.05) is 17.1 Å². The van der Waals surface area contributed by atoms with Gasteiger partial charge in [0, 0.05) is 23.9 Å². The van der Waals surface area contributed by atoms with Crippen molar-refractivity contribution in [1.82, 2.24) is 0 Å². The number of anilines is 2. The van der Waals surface area contributed by atoms with E-state index in [2.05, 4.69) is 10.0 Å². The van der Waals surface area contributed by atoms with Crippen molar-refractivity contribution in [3.8, 4) is 5.75 Å². The first-order valence-electron chi connectivity index (χ1n) is 10.8. The number of benzene rings is 2. The summed E-state index contributed by atoms with van der Waals surface area (Å²) in [5.74, 6) is 0.147. The van der Waals surface area contributed by atoms with Gasteiger partial charge in [-0.1, -0.05) is 31.7 Å². The minimum absolute atomic E-state index is 0.0401. The average Bonchev–Trinajstić information content (AvgIpc) is 3.01. The van der Waals surface area contributed by atoms with E-state index in [0.717, 1.165) is 37.8 Å².